The first-order valence-corrected chi connectivity index (χ1v) is 4.85. The highest BCUT2D eigenvalue weighted by Gasteiger charge is 2.06. The van der Waals surface area contributed by atoms with E-state index in [9.17, 15) is 9.59 Å². The molecule has 5 heteroatoms. The molecular formula is C11H11N3O2. The van der Waals surface area contributed by atoms with Gasteiger partial charge in [-0.15, -0.1) is 0 Å². The zero-order chi connectivity index (χ0) is 11.7. The van der Waals surface area contributed by atoms with Crippen LogP contribution in [0.3, 0.4) is 0 Å². The van der Waals surface area contributed by atoms with Crippen molar-refractivity contribution in [2.45, 2.75) is 13.8 Å². The Morgan fingerprint density at radius 1 is 1.12 bits per heavy atom. The van der Waals surface area contributed by atoms with Gasteiger partial charge in [0.2, 0.25) is 0 Å². The molecule has 0 aliphatic carbocycles. The molecule has 16 heavy (non-hydrogen) atoms. The van der Waals surface area contributed by atoms with E-state index in [0.717, 1.165) is 10.1 Å². The maximum atomic E-state index is 11.8. The van der Waals surface area contributed by atoms with Crippen molar-refractivity contribution >= 4 is 0 Å². The number of H-pyrrole nitrogens is 1. The van der Waals surface area contributed by atoms with Gasteiger partial charge < -0.3 is 0 Å². The number of benzene rings is 1. The average molecular weight is 217 g/mol. The van der Waals surface area contributed by atoms with Crippen LogP contribution in [0.1, 0.15) is 11.3 Å². The van der Waals surface area contributed by atoms with Gasteiger partial charge in [-0.1, -0.05) is 17.7 Å². The van der Waals surface area contributed by atoms with Crippen molar-refractivity contribution in [1.82, 2.24) is 14.8 Å². The number of rotatable bonds is 1. The van der Waals surface area contributed by atoms with Crippen molar-refractivity contribution in [3.63, 3.8) is 0 Å². The van der Waals surface area contributed by atoms with Crippen LogP contribution in [0.5, 0.6) is 0 Å². The lowest BCUT2D eigenvalue weighted by Crippen LogP contribution is -2.36. The monoisotopic (exact) mass is 217 g/mol. The molecule has 0 saturated heterocycles. The van der Waals surface area contributed by atoms with Crippen LogP contribution in [0, 0.1) is 13.8 Å². The van der Waals surface area contributed by atoms with Gasteiger partial charge in [0.15, 0.2) is 0 Å². The first kappa shape index (κ1) is 10.4. The van der Waals surface area contributed by atoms with E-state index >= 15 is 0 Å². The summed E-state index contributed by atoms with van der Waals surface area (Å²) in [6.45, 7) is 3.50. The van der Waals surface area contributed by atoms with Crippen molar-refractivity contribution in [2.24, 2.45) is 0 Å². The van der Waals surface area contributed by atoms with E-state index in [1.54, 1.807) is 19.1 Å². The maximum Gasteiger partial charge on any atom is 0.349 e. The molecule has 0 saturated carbocycles. The maximum absolute atomic E-state index is 11.8. The van der Waals surface area contributed by atoms with Crippen LogP contribution in [0.25, 0.3) is 5.69 Å². The largest absolute Gasteiger partial charge is 0.349 e. The Labute approximate surface area is 91.4 Å². The van der Waals surface area contributed by atoms with E-state index in [2.05, 4.69) is 10.2 Å². The quantitative estimate of drug-likeness (QED) is 0.758. The smallest absolute Gasteiger partial charge is 0.267 e. The molecule has 82 valence electrons. The van der Waals surface area contributed by atoms with Crippen molar-refractivity contribution in [1.29, 1.82) is 0 Å². The van der Waals surface area contributed by atoms with Crippen molar-refractivity contribution < 1.29 is 0 Å². The molecule has 0 amide bonds. The topological polar surface area (TPSA) is 67.8 Å². The number of aromatic nitrogens is 3. The van der Waals surface area contributed by atoms with Gasteiger partial charge in [0.1, 0.15) is 5.69 Å². The molecule has 0 radical (unpaired) electrons. The Kier molecular flexibility index (Phi) is 2.44. The van der Waals surface area contributed by atoms with E-state index < -0.39 is 11.2 Å². The van der Waals surface area contributed by atoms with Gasteiger partial charge >= 0.3 is 5.69 Å². The molecule has 1 heterocycles. The first-order valence-electron chi connectivity index (χ1n) is 4.85. The number of nitrogens with zero attached hydrogens (tertiary/aromatic N) is 2. The van der Waals surface area contributed by atoms with Gasteiger partial charge in [0.05, 0.1) is 5.69 Å². The zero-order valence-electron chi connectivity index (χ0n) is 9.02. The third kappa shape index (κ3) is 1.67. The van der Waals surface area contributed by atoms with Gasteiger partial charge in [0.25, 0.3) is 5.56 Å². The van der Waals surface area contributed by atoms with Gasteiger partial charge in [0, 0.05) is 0 Å². The second-order valence-corrected chi connectivity index (χ2v) is 3.59. The summed E-state index contributed by atoms with van der Waals surface area (Å²) < 4.78 is 1.07. The summed E-state index contributed by atoms with van der Waals surface area (Å²) in [5.74, 6) is 0. The molecule has 1 N–H and O–H groups in total. The summed E-state index contributed by atoms with van der Waals surface area (Å²) in [5, 5.41) is 5.89. The predicted molar refractivity (Wildman–Crippen MR) is 59.9 cm³/mol. The minimum atomic E-state index is -0.528. The molecule has 1 aromatic heterocycles. The summed E-state index contributed by atoms with van der Waals surface area (Å²) in [4.78, 5) is 23.3. The lowest BCUT2D eigenvalue weighted by atomic mass is 10.2. The zero-order valence-corrected chi connectivity index (χ0v) is 9.02. The first-order chi connectivity index (χ1) is 7.59. The molecule has 0 spiro atoms. The lowest BCUT2D eigenvalue weighted by molar-refractivity contribution is 0.773. The van der Waals surface area contributed by atoms with Gasteiger partial charge in [-0.05, 0) is 26.0 Å². The van der Waals surface area contributed by atoms with Crippen LogP contribution in [-0.2, 0) is 0 Å². The van der Waals surface area contributed by atoms with Crippen LogP contribution < -0.4 is 11.2 Å². The molecule has 0 aliphatic heterocycles. The summed E-state index contributed by atoms with van der Waals surface area (Å²) in [7, 11) is 0. The normalized spacial score (nSPS) is 10.4. The highest BCUT2D eigenvalue weighted by Crippen LogP contribution is 2.04. The highest BCUT2D eigenvalue weighted by atomic mass is 16.2. The minimum absolute atomic E-state index is 0.264. The molecule has 2 aromatic rings. The number of aromatic amines is 1. The van der Waals surface area contributed by atoms with Crippen LogP contribution in [0.15, 0.2) is 33.9 Å². The molecule has 5 nitrogen and oxygen atoms in total. The molecule has 1 aromatic carbocycles. The second-order valence-electron chi connectivity index (χ2n) is 3.59. The third-order valence-electron chi connectivity index (χ3n) is 2.33. The van der Waals surface area contributed by atoms with E-state index in [4.69, 9.17) is 0 Å². The van der Waals surface area contributed by atoms with E-state index in [1.807, 2.05) is 19.1 Å². The van der Waals surface area contributed by atoms with Gasteiger partial charge in [-0.2, -0.15) is 5.10 Å². The molecule has 0 atom stereocenters. The second kappa shape index (κ2) is 3.77. The van der Waals surface area contributed by atoms with E-state index in [-0.39, 0.29) is 5.69 Å². The standard InChI is InChI=1S/C11H11N3O2/c1-7-3-5-9(6-4-7)14-10(15)8(2)12-13-11(14)16/h3-6H,1-2H3,(H,13,16). The number of aryl methyl sites for hydroxylation is 2. The molecule has 2 rings (SSSR count). The summed E-state index contributed by atoms with van der Waals surface area (Å²) in [5.41, 5.74) is 0.952. The fourth-order valence-electron chi connectivity index (χ4n) is 1.41. The van der Waals surface area contributed by atoms with Crippen LogP contribution in [0.4, 0.5) is 0 Å². The molecule has 0 bridgehead atoms. The SMILES string of the molecule is Cc1ccc(-n2c(=O)[nH]nc(C)c2=O)cc1. The van der Waals surface area contributed by atoms with Crippen molar-refractivity contribution in [3.05, 3.63) is 56.4 Å². The number of nitrogens with one attached hydrogen (secondary N) is 1. The third-order valence-corrected chi connectivity index (χ3v) is 2.33. The number of hydrogen-bond donors (Lipinski definition) is 1. The fraction of sp³-hybridized carbons (Fsp3) is 0.182. The van der Waals surface area contributed by atoms with Crippen molar-refractivity contribution in [2.75, 3.05) is 0 Å². The van der Waals surface area contributed by atoms with E-state index in [1.165, 1.54) is 0 Å². The lowest BCUT2D eigenvalue weighted by Gasteiger charge is -2.04. The Balaban J connectivity index is 2.74. The van der Waals surface area contributed by atoms with Crippen LogP contribution in [-0.4, -0.2) is 14.8 Å². The summed E-state index contributed by atoms with van der Waals surface area (Å²) >= 11 is 0. The van der Waals surface area contributed by atoms with Crippen LogP contribution >= 0.6 is 0 Å². The average Bonchev–Trinajstić information content (AvgIpc) is 2.27. The summed E-state index contributed by atoms with van der Waals surface area (Å²) in [6.07, 6.45) is 0. The fourth-order valence-corrected chi connectivity index (χ4v) is 1.41. The molecule has 0 fully saturated rings. The summed E-state index contributed by atoms with van der Waals surface area (Å²) in [6, 6.07) is 7.14. The van der Waals surface area contributed by atoms with Crippen molar-refractivity contribution in [3.8, 4) is 5.69 Å². The van der Waals surface area contributed by atoms with E-state index in [0.29, 0.717) is 5.69 Å². The Morgan fingerprint density at radius 2 is 1.75 bits per heavy atom. The Bertz CT molecular complexity index is 623. The molecular weight excluding hydrogens is 206 g/mol. The van der Waals surface area contributed by atoms with Gasteiger partial charge in [-0.3, -0.25) is 4.79 Å². The highest BCUT2D eigenvalue weighted by molar-refractivity contribution is 5.34. The number of hydrogen-bond acceptors (Lipinski definition) is 3. The molecule has 0 unspecified atom stereocenters. The molecule has 0 aliphatic rings. The Morgan fingerprint density at radius 3 is 2.38 bits per heavy atom. The van der Waals surface area contributed by atoms with Crippen LogP contribution in [0.2, 0.25) is 0 Å². The van der Waals surface area contributed by atoms with Gasteiger partial charge in [-0.25, -0.2) is 14.5 Å². The Hall–Kier alpha value is -2.17. The predicted octanol–water partition coefficient (Wildman–Crippen LogP) is 0.538. The minimum Gasteiger partial charge on any atom is -0.267 e.